The van der Waals surface area contributed by atoms with Crippen molar-refractivity contribution in [2.45, 2.75) is 57.8 Å². The molecule has 0 radical (unpaired) electrons. The molecule has 2 aliphatic carbocycles. The van der Waals surface area contributed by atoms with Gasteiger partial charge in [-0.25, -0.2) is 0 Å². The number of rotatable bonds is 2. The molecule has 0 aromatic heterocycles. The third-order valence-electron chi connectivity index (χ3n) is 5.56. The number of hydrogen-bond acceptors (Lipinski definition) is 2. The van der Waals surface area contributed by atoms with Gasteiger partial charge in [0.2, 0.25) is 0 Å². The summed E-state index contributed by atoms with van der Waals surface area (Å²) in [5.41, 5.74) is 3.73. The first-order chi connectivity index (χ1) is 10.2. The van der Waals surface area contributed by atoms with Crippen LogP contribution in [0.2, 0.25) is 18.1 Å². The monoisotopic (exact) mass is 314 g/mol. The lowest BCUT2D eigenvalue weighted by Gasteiger charge is -2.42. The first kappa shape index (κ1) is 15.7. The van der Waals surface area contributed by atoms with Gasteiger partial charge in [-0.1, -0.05) is 45.0 Å². The van der Waals surface area contributed by atoms with Crippen LogP contribution in [0.25, 0.3) is 5.57 Å². The molecule has 2 nitrogen and oxygen atoms in total. The summed E-state index contributed by atoms with van der Waals surface area (Å²) >= 11 is 0. The van der Waals surface area contributed by atoms with Gasteiger partial charge in [0.25, 0.3) is 0 Å². The fourth-order valence-electron chi connectivity index (χ4n) is 3.28. The second kappa shape index (κ2) is 5.17. The van der Waals surface area contributed by atoms with Crippen molar-refractivity contribution < 1.29 is 9.22 Å². The number of carbonyl (C=O) groups is 1. The Kier molecular flexibility index (Phi) is 3.69. The lowest BCUT2D eigenvalue weighted by atomic mass is 9.79. The van der Waals surface area contributed by atoms with Crippen LogP contribution in [0.1, 0.15) is 50.8 Å². The molecule has 1 aromatic carbocycles. The SMILES string of the molecule is CC(C)(C)[Si](C)(C)O[C@@H]1C[C@H]2CC(=O)C=C2c2ccccc21. The zero-order chi connectivity index (χ0) is 16.1. The van der Waals surface area contributed by atoms with E-state index in [1.54, 1.807) is 0 Å². The molecule has 0 aliphatic heterocycles. The standard InChI is InChI=1S/C19H26O2Si/c1-19(2,3)22(4,5)21-18-11-13-10-14(20)12-17(13)15-8-6-7-9-16(15)18/h6-9,12-13,18H,10-11H2,1-5H3/t13-,18-/m1/s1. The predicted molar refractivity (Wildman–Crippen MR) is 93.2 cm³/mol. The van der Waals surface area contributed by atoms with E-state index in [4.69, 9.17) is 4.43 Å². The fourth-order valence-corrected chi connectivity index (χ4v) is 4.57. The number of hydrogen-bond donors (Lipinski definition) is 0. The zero-order valence-corrected chi connectivity index (χ0v) is 15.3. The summed E-state index contributed by atoms with van der Waals surface area (Å²) in [4.78, 5) is 11.9. The minimum Gasteiger partial charge on any atom is -0.410 e. The number of carbonyl (C=O) groups excluding carboxylic acids is 1. The molecule has 1 aromatic rings. The second-order valence-electron chi connectivity index (χ2n) is 8.16. The Balaban J connectivity index is 1.97. The van der Waals surface area contributed by atoms with Crippen LogP contribution in [-0.2, 0) is 9.22 Å². The molecule has 2 aliphatic rings. The Bertz CT molecular complexity index is 637. The van der Waals surface area contributed by atoms with Gasteiger partial charge in [0.1, 0.15) is 0 Å². The molecule has 0 unspecified atom stereocenters. The Morgan fingerprint density at radius 2 is 1.86 bits per heavy atom. The summed E-state index contributed by atoms with van der Waals surface area (Å²) in [7, 11) is -1.83. The van der Waals surface area contributed by atoms with E-state index >= 15 is 0 Å². The molecule has 0 saturated heterocycles. The van der Waals surface area contributed by atoms with E-state index < -0.39 is 8.32 Å². The van der Waals surface area contributed by atoms with Crippen LogP contribution in [0.4, 0.5) is 0 Å². The number of fused-ring (bicyclic) bond motifs is 3. The highest BCUT2D eigenvalue weighted by molar-refractivity contribution is 6.74. The molecule has 3 rings (SSSR count). The maximum absolute atomic E-state index is 11.9. The molecule has 0 saturated carbocycles. The van der Waals surface area contributed by atoms with Gasteiger partial charge >= 0.3 is 0 Å². The Hall–Kier alpha value is -1.19. The van der Waals surface area contributed by atoms with Gasteiger partial charge in [-0.15, -0.1) is 0 Å². The van der Waals surface area contributed by atoms with Gasteiger partial charge in [0.05, 0.1) is 6.10 Å². The third-order valence-corrected chi connectivity index (χ3v) is 10.1. The van der Waals surface area contributed by atoms with E-state index in [1.807, 2.05) is 6.08 Å². The highest BCUT2D eigenvalue weighted by atomic mass is 28.4. The first-order valence-corrected chi connectivity index (χ1v) is 11.1. The average molecular weight is 315 g/mol. The number of allylic oxidation sites excluding steroid dienone is 2. The molecule has 3 heteroatoms. The van der Waals surface area contributed by atoms with Gasteiger partial charge in [-0.05, 0) is 53.2 Å². The first-order valence-electron chi connectivity index (χ1n) is 8.20. The molecule has 0 fully saturated rings. The van der Waals surface area contributed by atoms with Gasteiger partial charge in [-0.3, -0.25) is 4.79 Å². The average Bonchev–Trinajstić information content (AvgIpc) is 2.78. The highest BCUT2D eigenvalue weighted by Crippen LogP contribution is 2.49. The lowest BCUT2D eigenvalue weighted by Crippen LogP contribution is -2.42. The number of benzene rings is 1. The van der Waals surface area contributed by atoms with Gasteiger partial charge in [0, 0.05) is 6.42 Å². The van der Waals surface area contributed by atoms with Crippen LogP contribution in [0.3, 0.4) is 0 Å². The van der Waals surface area contributed by atoms with Crippen LogP contribution in [0.15, 0.2) is 30.3 Å². The maximum atomic E-state index is 11.9. The van der Waals surface area contributed by atoms with E-state index in [0.29, 0.717) is 12.3 Å². The molecule has 22 heavy (non-hydrogen) atoms. The van der Waals surface area contributed by atoms with Crippen molar-refractivity contribution in [3.8, 4) is 0 Å². The van der Waals surface area contributed by atoms with Crippen molar-refractivity contribution in [3.05, 3.63) is 41.5 Å². The van der Waals surface area contributed by atoms with Gasteiger partial charge < -0.3 is 4.43 Å². The minimum atomic E-state index is -1.83. The molecular formula is C19H26O2Si. The molecule has 2 atom stereocenters. The molecular weight excluding hydrogens is 288 g/mol. The second-order valence-corrected chi connectivity index (χ2v) is 12.9. The zero-order valence-electron chi connectivity index (χ0n) is 14.3. The fraction of sp³-hybridized carbons (Fsp3) is 0.526. The van der Waals surface area contributed by atoms with Gasteiger partial charge in [-0.2, -0.15) is 0 Å². The van der Waals surface area contributed by atoms with Crippen molar-refractivity contribution >= 4 is 19.7 Å². The molecule has 0 bridgehead atoms. The summed E-state index contributed by atoms with van der Waals surface area (Å²) in [5.74, 6) is 0.611. The van der Waals surface area contributed by atoms with E-state index in [-0.39, 0.29) is 16.9 Å². The van der Waals surface area contributed by atoms with Crippen molar-refractivity contribution in [3.63, 3.8) is 0 Å². The van der Waals surface area contributed by atoms with Crippen molar-refractivity contribution in [2.24, 2.45) is 5.92 Å². The molecule has 0 heterocycles. The lowest BCUT2D eigenvalue weighted by molar-refractivity contribution is -0.114. The van der Waals surface area contributed by atoms with Crippen molar-refractivity contribution in [2.75, 3.05) is 0 Å². The highest BCUT2D eigenvalue weighted by Gasteiger charge is 2.43. The molecule has 0 amide bonds. The third kappa shape index (κ3) is 2.61. The van der Waals surface area contributed by atoms with E-state index in [0.717, 1.165) is 6.42 Å². The largest absolute Gasteiger partial charge is 0.410 e. The van der Waals surface area contributed by atoms with Crippen LogP contribution in [-0.4, -0.2) is 14.1 Å². The molecule has 0 spiro atoms. The predicted octanol–water partition coefficient (Wildman–Crippen LogP) is 5.13. The summed E-state index contributed by atoms with van der Waals surface area (Å²) in [6, 6.07) is 8.47. The van der Waals surface area contributed by atoms with E-state index in [9.17, 15) is 4.79 Å². The van der Waals surface area contributed by atoms with E-state index in [1.165, 1.54) is 16.7 Å². The van der Waals surface area contributed by atoms with Crippen molar-refractivity contribution in [1.29, 1.82) is 0 Å². The Morgan fingerprint density at radius 3 is 2.55 bits per heavy atom. The molecule has 0 N–H and O–H groups in total. The summed E-state index contributed by atoms with van der Waals surface area (Å²) in [6.45, 7) is 11.4. The Labute approximate surface area is 134 Å². The normalized spacial score (nSPS) is 24.8. The quantitative estimate of drug-likeness (QED) is 0.708. The summed E-state index contributed by atoms with van der Waals surface area (Å²) in [5, 5.41) is 0.198. The topological polar surface area (TPSA) is 26.3 Å². The van der Waals surface area contributed by atoms with E-state index in [2.05, 4.69) is 58.1 Å². The smallest absolute Gasteiger partial charge is 0.192 e. The van der Waals surface area contributed by atoms with Crippen LogP contribution in [0.5, 0.6) is 0 Å². The maximum Gasteiger partial charge on any atom is 0.192 e. The summed E-state index contributed by atoms with van der Waals surface area (Å²) in [6.07, 6.45) is 3.58. The Morgan fingerprint density at radius 1 is 1.18 bits per heavy atom. The van der Waals surface area contributed by atoms with Crippen LogP contribution >= 0.6 is 0 Å². The van der Waals surface area contributed by atoms with Crippen LogP contribution < -0.4 is 0 Å². The molecule has 118 valence electrons. The number of ketones is 1. The summed E-state index contributed by atoms with van der Waals surface area (Å²) < 4.78 is 6.71. The van der Waals surface area contributed by atoms with Gasteiger partial charge in [0.15, 0.2) is 14.1 Å². The minimum absolute atomic E-state index is 0.130. The van der Waals surface area contributed by atoms with Crippen LogP contribution in [0, 0.1) is 5.92 Å². The van der Waals surface area contributed by atoms with Crippen molar-refractivity contribution in [1.82, 2.24) is 0 Å².